The van der Waals surface area contributed by atoms with E-state index in [0.29, 0.717) is 12.3 Å². The number of carbonyl (C=O) groups is 7. The topological polar surface area (TPSA) is 239 Å². The van der Waals surface area contributed by atoms with Gasteiger partial charge in [0.15, 0.2) is 49.2 Å². The van der Waals surface area contributed by atoms with Gasteiger partial charge in [-0.25, -0.2) is 0 Å². The average molecular weight is 1240 g/mol. The van der Waals surface area contributed by atoms with Gasteiger partial charge in [0.25, 0.3) is 5.97 Å². The molecule has 20 heteroatoms. The maximum Gasteiger partial charge on any atom is 0.313 e. The van der Waals surface area contributed by atoms with E-state index in [4.69, 9.17) is 61.6 Å². The molecule has 89 heavy (non-hydrogen) atoms. The first kappa shape index (κ1) is 66.2. The second-order valence-corrected chi connectivity index (χ2v) is 28.6. The van der Waals surface area contributed by atoms with E-state index in [2.05, 4.69) is 54.5 Å². The molecular formula is C69H92O20. The summed E-state index contributed by atoms with van der Waals surface area (Å²) in [7, 11) is 0. The second kappa shape index (κ2) is 25.0. The average Bonchev–Trinajstić information content (AvgIpc) is 1.03. The number of allylic oxidation sites excluding steroid dienone is 2. The predicted octanol–water partition coefficient (Wildman–Crippen LogP) is 10.3. The molecule has 0 spiro atoms. The van der Waals surface area contributed by atoms with Crippen LogP contribution in [-0.4, -0.2) is 128 Å². The Labute approximate surface area is 522 Å². The molecule has 20 nitrogen and oxygen atoms in total. The Kier molecular flexibility index (Phi) is 18.6. The van der Waals surface area contributed by atoms with Crippen molar-refractivity contribution in [1.29, 1.82) is 0 Å². The number of carbonyl (C=O) groups excluding carboxylic acids is 7. The summed E-state index contributed by atoms with van der Waals surface area (Å²) in [6.45, 7) is 24.3. The SMILES string of the molecule is CC(=O)OC[C@H]1O[C@H](O[C@H]2[C@H](OC(C)=O)[C@H]3OC(C)(O[C@H]4CC[C@]5(C)[C@H]6CC=C7[C@@H]8CC(C)(C)CC[C@]8(C(=O)OC(c8ccccc8)c8ccccc8)CC[C@@]7(C)[C@]6(C)CC[C@H]5C4(C)C)O[C@H]3O[C@@H]2COC(C)=O)[C@H](OC(C)=O)[C@@H](OC(C)=O)[C@@H]1OC(C)=O. The molecule has 3 aliphatic heterocycles. The summed E-state index contributed by atoms with van der Waals surface area (Å²) in [5.74, 6) is -6.05. The highest BCUT2D eigenvalue weighted by atomic mass is 16.9. The van der Waals surface area contributed by atoms with Crippen LogP contribution in [0.15, 0.2) is 72.3 Å². The number of ether oxygens (including phenoxy) is 13. The van der Waals surface area contributed by atoms with Gasteiger partial charge in [0.2, 0.25) is 0 Å². The minimum atomic E-state index is -1.80. The third-order valence-corrected chi connectivity index (χ3v) is 22.0. The van der Waals surface area contributed by atoms with Crippen molar-refractivity contribution < 1.29 is 95.1 Å². The van der Waals surface area contributed by atoms with Crippen molar-refractivity contribution in [3.05, 3.63) is 83.4 Å². The lowest BCUT2D eigenvalue weighted by atomic mass is 9.33. The summed E-state index contributed by atoms with van der Waals surface area (Å²) in [6, 6.07) is 20.2. The molecule has 3 heterocycles. The lowest BCUT2D eigenvalue weighted by Gasteiger charge is -2.71. The van der Waals surface area contributed by atoms with Crippen LogP contribution in [0.25, 0.3) is 0 Å². The minimum absolute atomic E-state index is 0.0399. The van der Waals surface area contributed by atoms with Crippen LogP contribution >= 0.6 is 0 Å². The molecule has 488 valence electrons. The van der Waals surface area contributed by atoms with Crippen molar-refractivity contribution >= 4 is 41.8 Å². The van der Waals surface area contributed by atoms with E-state index in [1.54, 1.807) is 6.92 Å². The van der Waals surface area contributed by atoms with Crippen molar-refractivity contribution in [3.8, 4) is 0 Å². The van der Waals surface area contributed by atoms with Crippen LogP contribution in [0.2, 0.25) is 0 Å². The van der Waals surface area contributed by atoms with E-state index in [1.807, 2.05) is 60.7 Å². The van der Waals surface area contributed by atoms with E-state index in [-0.39, 0.29) is 39.5 Å². The molecule has 3 saturated heterocycles. The lowest BCUT2D eigenvalue weighted by molar-refractivity contribution is -0.379. The van der Waals surface area contributed by atoms with Crippen molar-refractivity contribution in [1.82, 2.24) is 0 Å². The van der Waals surface area contributed by atoms with Crippen molar-refractivity contribution in [2.75, 3.05) is 13.2 Å². The highest BCUT2D eigenvalue weighted by molar-refractivity contribution is 5.79. The smallest absolute Gasteiger partial charge is 0.313 e. The molecule has 4 saturated carbocycles. The van der Waals surface area contributed by atoms with Crippen LogP contribution in [0.1, 0.15) is 178 Å². The van der Waals surface area contributed by atoms with Gasteiger partial charge in [-0.3, -0.25) is 38.3 Å². The molecule has 2 aromatic rings. The third-order valence-electron chi connectivity index (χ3n) is 22.0. The summed E-state index contributed by atoms with van der Waals surface area (Å²) in [5, 5.41) is 0. The first-order chi connectivity index (χ1) is 41.8. The van der Waals surface area contributed by atoms with Gasteiger partial charge in [0.1, 0.15) is 31.5 Å². The molecule has 0 bridgehead atoms. The summed E-state index contributed by atoms with van der Waals surface area (Å²) in [5.41, 5.74) is 1.94. The summed E-state index contributed by atoms with van der Waals surface area (Å²) in [4.78, 5) is 91.3. The van der Waals surface area contributed by atoms with Crippen LogP contribution in [0, 0.1) is 50.2 Å². The van der Waals surface area contributed by atoms with E-state index < -0.39 is 139 Å². The Hall–Kier alpha value is -5.77. The van der Waals surface area contributed by atoms with E-state index >= 15 is 4.79 Å². The highest BCUT2D eigenvalue weighted by Crippen LogP contribution is 2.76. The van der Waals surface area contributed by atoms with Crippen LogP contribution in [0.4, 0.5) is 0 Å². The molecule has 1 unspecified atom stereocenters. The molecule has 10 rings (SSSR count). The lowest BCUT2D eigenvalue weighted by Crippen LogP contribution is -2.66. The molecule has 5 aliphatic carbocycles. The monoisotopic (exact) mass is 1240 g/mol. The van der Waals surface area contributed by atoms with Crippen LogP contribution in [0.3, 0.4) is 0 Å². The van der Waals surface area contributed by atoms with E-state index in [0.717, 1.165) is 96.6 Å². The van der Waals surface area contributed by atoms with Crippen molar-refractivity contribution in [2.45, 2.75) is 241 Å². The molecule has 8 aliphatic rings. The predicted molar refractivity (Wildman–Crippen MR) is 317 cm³/mol. The molecular weight excluding hydrogens is 1150 g/mol. The van der Waals surface area contributed by atoms with Gasteiger partial charge in [0.05, 0.1) is 11.5 Å². The normalized spacial score (nSPS) is 39.1. The number of hydrogen-bond donors (Lipinski definition) is 0. The number of rotatable bonds is 16. The molecule has 19 atom stereocenters. The van der Waals surface area contributed by atoms with E-state index in [1.165, 1.54) is 19.4 Å². The van der Waals surface area contributed by atoms with Gasteiger partial charge >= 0.3 is 41.8 Å². The Bertz CT molecular complexity index is 2980. The van der Waals surface area contributed by atoms with Gasteiger partial charge in [-0.15, -0.1) is 0 Å². The zero-order valence-electron chi connectivity index (χ0n) is 54.2. The first-order valence-corrected chi connectivity index (χ1v) is 31.8. The minimum Gasteiger partial charge on any atom is -0.463 e. The molecule has 7 fully saturated rings. The second-order valence-electron chi connectivity index (χ2n) is 28.6. The summed E-state index contributed by atoms with van der Waals surface area (Å²) < 4.78 is 80.7. The molecule has 0 radical (unpaired) electrons. The maximum absolute atomic E-state index is 15.4. The third kappa shape index (κ3) is 12.7. The summed E-state index contributed by atoms with van der Waals surface area (Å²) in [6.07, 6.45) is -4.39. The fourth-order valence-electron chi connectivity index (χ4n) is 17.8. The first-order valence-electron chi connectivity index (χ1n) is 31.8. The summed E-state index contributed by atoms with van der Waals surface area (Å²) >= 11 is 0. The fourth-order valence-corrected chi connectivity index (χ4v) is 17.8. The number of fused-ring (bicyclic) bond motifs is 8. The van der Waals surface area contributed by atoms with Crippen LogP contribution < -0.4 is 0 Å². The largest absolute Gasteiger partial charge is 0.463 e. The highest BCUT2D eigenvalue weighted by Gasteiger charge is 2.71. The van der Waals surface area contributed by atoms with Crippen molar-refractivity contribution in [2.24, 2.45) is 50.2 Å². The number of esters is 7. The zero-order chi connectivity index (χ0) is 64.4. The Morgan fingerprint density at radius 1 is 0.562 bits per heavy atom. The zero-order valence-corrected chi connectivity index (χ0v) is 54.2. The number of hydrogen-bond acceptors (Lipinski definition) is 20. The Balaban J connectivity index is 0.904. The number of benzene rings is 2. The molecule has 0 amide bonds. The van der Waals surface area contributed by atoms with Crippen LogP contribution in [-0.2, 0) is 95.1 Å². The van der Waals surface area contributed by atoms with Crippen molar-refractivity contribution in [3.63, 3.8) is 0 Å². The molecule has 0 N–H and O–H groups in total. The quantitative estimate of drug-likeness (QED) is 0.0862. The Morgan fingerprint density at radius 3 is 1.70 bits per heavy atom. The van der Waals surface area contributed by atoms with Gasteiger partial charge in [0, 0.05) is 48.5 Å². The molecule has 0 aromatic heterocycles. The standard InChI is InChI=1S/C69H92O20/c1-38(70)77-36-48-54(79-40(3)72)56(80-41(4)73)58(82-43(6)75)60(83-48)85-55-49(37-78-39(2)71)84-61-59(57(55)81-42(5)74)88-68(14,89-61)87-52-28-29-65(11)50(64(52,9)10)27-30-67(13)51(65)26-25-46-47-35-63(7,8)31-33-69(47,34-32-66(46,67)12)62(76)86-53(44-21-17-15-18-22-44)45-23-19-16-20-24-45/h15-25,47-61H,26-37H2,1-14H3/t47-,48+,49+,50-,51+,52-,54+,55+,56-,57-,58+,59+,60+,61+,65-,66+,67+,68?,69-/m0/s1. The van der Waals surface area contributed by atoms with E-state index in [9.17, 15) is 28.8 Å². The van der Waals surface area contributed by atoms with Crippen LogP contribution in [0.5, 0.6) is 0 Å². The van der Waals surface area contributed by atoms with Gasteiger partial charge in [-0.2, -0.15) is 0 Å². The molecule has 2 aromatic carbocycles. The van der Waals surface area contributed by atoms with Gasteiger partial charge in [-0.05, 0) is 120 Å². The van der Waals surface area contributed by atoms with Gasteiger partial charge in [-0.1, -0.05) is 121 Å². The van der Waals surface area contributed by atoms with Gasteiger partial charge < -0.3 is 56.8 Å². The maximum atomic E-state index is 15.4. The Morgan fingerprint density at radius 2 is 1.11 bits per heavy atom. The fraction of sp³-hybridized carbons (Fsp3) is 0.696.